The number of nitrogens with one attached hydrogen (secondary N) is 1. The van der Waals surface area contributed by atoms with Gasteiger partial charge in [-0.3, -0.25) is 4.79 Å². The lowest BCUT2D eigenvalue weighted by atomic mass is 10.1. The van der Waals surface area contributed by atoms with Gasteiger partial charge in [-0.15, -0.1) is 0 Å². The van der Waals surface area contributed by atoms with Gasteiger partial charge in [0.25, 0.3) is 0 Å². The Kier molecular flexibility index (Phi) is 7.39. The van der Waals surface area contributed by atoms with Gasteiger partial charge in [0.05, 0.1) is 21.3 Å². The molecule has 0 saturated heterocycles. The number of aliphatic hydroxyl groups is 1. The van der Waals surface area contributed by atoms with Gasteiger partial charge in [-0.25, -0.2) is 0 Å². The Bertz CT molecular complexity index is 436. The zero-order valence-electron chi connectivity index (χ0n) is 12.8. The summed E-state index contributed by atoms with van der Waals surface area (Å²) in [6.07, 6.45) is 1.72. The maximum atomic E-state index is 11.6. The fraction of sp³-hybridized carbons (Fsp3) is 0.533. The van der Waals surface area contributed by atoms with Gasteiger partial charge in [0.15, 0.2) is 11.5 Å². The van der Waals surface area contributed by atoms with Crippen LogP contribution in [0.3, 0.4) is 0 Å². The number of benzene rings is 1. The fourth-order valence-electron chi connectivity index (χ4n) is 1.92. The quantitative estimate of drug-likeness (QED) is 0.675. The van der Waals surface area contributed by atoms with Crippen LogP contribution < -0.4 is 19.5 Å². The van der Waals surface area contributed by atoms with Gasteiger partial charge in [0.1, 0.15) is 0 Å². The Hall–Kier alpha value is -1.95. The van der Waals surface area contributed by atoms with E-state index in [2.05, 4.69) is 5.32 Å². The minimum Gasteiger partial charge on any atom is -0.493 e. The average molecular weight is 297 g/mol. The van der Waals surface area contributed by atoms with Crippen molar-refractivity contribution in [1.82, 2.24) is 5.32 Å². The van der Waals surface area contributed by atoms with Crippen molar-refractivity contribution < 1.29 is 24.1 Å². The SMILES string of the molecule is COc1cc(CNC(=O)CCCCO)cc(OC)c1OC. The lowest BCUT2D eigenvalue weighted by molar-refractivity contribution is -0.121. The van der Waals surface area contributed by atoms with Crippen molar-refractivity contribution >= 4 is 5.91 Å². The lowest BCUT2D eigenvalue weighted by Gasteiger charge is -2.14. The Balaban J connectivity index is 2.69. The Morgan fingerprint density at radius 1 is 1.10 bits per heavy atom. The molecule has 2 N–H and O–H groups in total. The third-order valence-electron chi connectivity index (χ3n) is 3.03. The number of rotatable bonds is 9. The molecule has 0 saturated carbocycles. The summed E-state index contributed by atoms with van der Waals surface area (Å²) in [5.74, 6) is 1.60. The predicted octanol–water partition coefficient (Wildman–Crippen LogP) is 1.49. The van der Waals surface area contributed by atoms with E-state index < -0.39 is 0 Å². The summed E-state index contributed by atoms with van der Waals surface area (Å²) < 4.78 is 15.8. The van der Waals surface area contributed by atoms with Crippen molar-refractivity contribution in [3.63, 3.8) is 0 Å². The van der Waals surface area contributed by atoms with Gasteiger partial charge in [-0.05, 0) is 30.5 Å². The van der Waals surface area contributed by atoms with E-state index in [-0.39, 0.29) is 12.5 Å². The highest BCUT2D eigenvalue weighted by atomic mass is 16.5. The van der Waals surface area contributed by atoms with Crippen molar-refractivity contribution in [3.8, 4) is 17.2 Å². The topological polar surface area (TPSA) is 77.0 Å². The van der Waals surface area contributed by atoms with Crippen LogP contribution in [0.4, 0.5) is 0 Å². The van der Waals surface area contributed by atoms with Crippen LogP contribution in [0.2, 0.25) is 0 Å². The molecule has 0 bridgehead atoms. The first kappa shape index (κ1) is 17.1. The van der Waals surface area contributed by atoms with Gasteiger partial charge in [-0.1, -0.05) is 0 Å². The van der Waals surface area contributed by atoms with Gasteiger partial charge in [-0.2, -0.15) is 0 Å². The van der Waals surface area contributed by atoms with Crippen molar-refractivity contribution in [1.29, 1.82) is 0 Å². The number of unbranched alkanes of at least 4 members (excludes halogenated alkanes) is 1. The van der Waals surface area contributed by atoms with Gasteiger partial charge < -0.3 is 24.6 Å². The fourth-order valence-corrected chi connectivity index (χ4v) is 1.92. The molecule has 0 spiro atoms. The number of ether oxygens (including phenoxy) is 3. The van der Waals surface area contributed by atoms with E-state index in [1.807, 2.05) is 0 Å². The smallest absolute Gasteiger partial charge is 0.220 e. The monoisotopic (exact) mass is 297 g/mol. The second-order valence-corrected chi connectivity index (χ2v) is 4.49. The Morgan fingerprint density at radius 2 is 1.71 bits per heavy atom. The third kappa shape index (κ3) is 5.15. The molecule has 0 unspecified atom stereocenters. The molecule has 0 aliphatic rings. The van der Waals surface area contributed by atoms with Gasteiger partial charge in [0.2, 0.25) is 11.7 Å². The first-order valence-electron chi connectivity index (χ1n) is 6.82. The van der Waals surface area contributed by atoms with Crippen LogP contribution in [0.15, 0.2) is 12.1 Å². The van der Waals surface area contributed by atoms with Crippen LogP contribution in [-0.4, -0.2) is 38.9 Å². The molecule has 0 fully saturated rings. The standard InChI is InChI=1S/C15H23NO5/c1-19-12-8-11(9-13(20-2)15(12)21-3)10-16-14(18)6-4-5-7-17/h8-9,17H,4-7,10H2,1-3H3,(H,16,18). The molecule has 6 nitrogen and oxygen atoms in total. The normalized spacial score (nSPS) is 10.1. The molecule has 0 aliphatic heterocycles. The lowest BCUT2D eigenvalue weighted by Crippen LogP contribution is -2.22. The number of carbonyl (C=O) groups excluding carboxylic acids is 1. The zero-order valence-corrected chi connectivity index (χ0v) is 12.8. The van der Waals surface area contributed by atoms with Crippen LogP contribution in [-0.2, 0) is 11.3 Å². The molecule has 0 atom stereocenters. The molecule has 1 aromatic carbocycles. The molecule has 1 aromatic rings. The summed E-state index contributed by atoms with van der Waals surface area (Å²) >= 11 is 0. The molecule has 6 heteroatoms. The number of carbonyl (C=O) groups is 1. The first-order valence-corrected chi connectivity index (χ1v) is 6.82. The molecule has 0 aromatic heterocycles. The van der Waals surface area contributed by atoms with Crippen molar-refractivity contribution in [2.75, 3.05) is 27.9 Å². The van der Waals surface area contributed by atoms with E-state index in [1.54, 1.807) is 33.5 Å². The molecule has 1 rings (SSSR count). The third-order valence-corrected chi connectivity index (χ3v) is 3.03. The van der Waals surface area contributed by atoms with Gasteiger partial charge >= 0.3 is 0 Å². The van der Waals surface area contributed by atoms with Crippen molar-refractivity contribution in [2.24, 2.45) is 0 Å². The average Bonchev–Trinajstić information content (AvgIpc) is 2.51. The van der Waals surface area contributed by atoms with Crippen molar-refractivity contribution in [3.05, 3.63) is 17.7 Å². The van der Waals surface area contributed by atoms with Crippen LogP contribution in [0.25, 0.3) is 0 Å². The second kappa shape index (κ2) is 9.07. The molecular formula is C15H23NO5. The van der Waals surface area contributed by atoms with Crippen molar-refractivity contribution in [2.45, 2.75) is 25.8 Å². The van der Waals surface area contributed by atoms with Crippen LogP contribution in [0.1, 0.15) is 24.8 Å². The highest BCUT2D eigenvalue weighted by molar-refractivity contribution is 5.75. The molecule has 0 heterocycles. The minimum atomic E-state index is -0.0443. The Labute approximate surface area is 125 Å². The van der Waals surface area contributed by atoms with Crippen LogP contribution in [0, 0.1) is 0 Å². The maximum absolute atomic E-state index is 11.6. The molecule has 0 radical (unpaired) electrons. The largest absolute Gasteiger partial charge is 0.493 e. The van der Waals surface area contributed by atoms with E-state index in [0.717, 1.165) is 5.56 Å². The predicted molar refractivity (Wildman–Crippen MR) is 78.9 cm³/mol. The molecule has 21 heavy (non-hydrogen) atoms. The summed E-state index contributed by atoms with van der Waals surface area (Å²) in [4.78, 5) is 11.6. The van der Waals surface area contributed by atoms with E-state index in [4.69, 9.17) is 19.3 Å². The van der Waals surface area contributed by atoms with E-state index in [9.17, 15) is 4.79 Å². The van der Waals surface area contributed by atoms with E-state index >= 15 is 0 Å². The number of aliphatic hydroxyl groups excluding tert-OH is 1. The van der Waals surface area contributed by atoms with Crippen LogP contribution >= 0.6 is 0 Å². The summed E-state index contributed by atoms with van der Waals surface area (Å²) in [5.41, 5.74) is 0.861. The minimum absolute atomic E-state index is 0.0443. The Morgan fingerprint density at radius 3 is 2.19 bits per heavy atom. The molecular weight excluding hydrogens is 274 g/mol. The summed E-state index contributed by atoms with van der Waals surface area (Å²) in [5, 5.41) is 11.5. The zero-order chi connectivity index (χ0) is 15.7. The first-order chi connectivity index (χ1) is 10.2. The van der Waals surface area contributed by atoms with E-state index in [1.165, 1.54) is 0 Å². The number of hydrogen-bond acceptors (Lipinski definition) is 5. The highest BCUT2D eigenvalue weighted by Gasteiger charge is 2.13. The summed E-state index contributed by atoms with van der Waals surface area (Å²) in [7, 11) is 4.64. The van der Waals surface area contributed by atoms with Crippen LogP contribution in [0.5, 0.6) is 17.2 Å². The summed E-state index contributed by atoms with van der Waals surface area (Å²) in [6, 6.07) is 3.60. The highest BCUT2D eigenvalue weighted by Crippen LogP contribution is 2.38. The van der Waals surface area contributed by atoms with Gasteiger partial charge in [0, 0.05) is 19.6 Å². The number of amides is 1. The maximum Gasteiger partial charge on any atom is 0.220 e. The second-order valence-electron chi connectivity index (χ2n) is 4.49. The summed E-state index contributed by atoms with van der Waals surface area (Å²) in [6.45, 7) is 0.495. The molecule has 0 aliphatic carbocycles. The van der Waals surface area contributed by atoms with E-state index in [0.29, 0.717) is 43.1 Å². The number of hydrogen-bond donors (Lipinski definition) is 2. The molecule has 1 amide bonds. The molecule has 118 valence electrons. The number of methoxy groups -OCH3 is 3.